The molecule has 40 heavy (non-hydrogen) atoms. The first kappa shape index (κ1) is 27.1. The molecule has 0 saturated carbocycles. The Morgan fingerprint density at radius 1 is 0.875 bits per heavy atom. The molecule has 0 bridgehead atoms. The molecule has 0 aromatic heterocycles. The molecule has 2 N–H and O–H groups in total. The van der Waals surface area contributed by atoms with Gasteiger partial charge in [0.1, 0.15) is 16.7 Å². The topological polar surface area (TPSA) is 87.7 Å². The summed E-state index contributed by atoms with van der Waals surface area (Å²) in [5.74, 6) is -0.382. The van der Waals surface area contributed by atoms with Crippen molar-refractivity contribution in [2.45, 2.75) is 13.0 Å². The van der Waals surface area contributed by atoms with Crippen molar-refractivity contribution in [3.63, 3.8) is 0 Å². The number of nitrogens with zero attached hydrogens (tertiary/aromatic N) is 1. The Balaban J connectivity index is 1.12. The largest absolute Gasteiger partial charge is 0.489 e. The minimum absolute atomic E-state index is 0.0248. The first-order valence-corrected chi connectivity index (χ1v) is 13.8. The third-order valence-corrected chi connectivity index (χ3v) is 7.59. The minimum atomic E-state index is -0.433. The lowest BCUT2D eigenvalue weighted by atomic mass is 10.0. The molecule has 1 saturated heterocycles. The second kappa shape index (κ2) is 12.6. The standard InChI is InChI=1S/C31H25N3O4S2/c35-28(32-33-29(36)26-12-6-10-23-9-4-5-11-25(23)26)17-18-34-30(37)27(40-31(34)39)19-21-13-15-24(16-14-21)38-20-22-7-2-1-3-8-22/h1-16,19H,17-18,20H2,(H,32,35)(H,33,36)/b27-19-. The van der Waals surface area contributed by atoms with Crippen molar-refractivity contribution in [2.24, 2.45) is 0 Å². The summed E-state index contributed by atoms with van der Waals surface area (Å²) in [5, 5.41) is 1.71. The second-order valence-corrected chi connectivity index (χ2v) is 10.6. The van der Waals surface area contributed by atoms with E-state index in [0.29, 0.717) is 21.4 Å². The first-order chi connectivity index (χ1) is 19.5. The van der Waals surface area contributed by atoms with E-state index in [1.807, 2.05) is 84.9 Å². The van der Waals surface area contributed by atoms with Crippen LogP contribution in [-0.4, -0.2) is 33.5 Å². The van der Waals surface area contributed by atoms with Gasteiger partial charge in [-0.25, -0.2) is 0 Å². The van der Waals surface area contributed by atoms with E-state index >= 15 is 0 Å². The fourth-order valence-electron chi connectivity index (χ4n) is 4.14. The number of hydrogen-bond acceptors (Lipinski definition) is 6. The monoisotopic (exact) mass is 567 g/mol. The van der Waals surface area contributed by atoms with Gasteiger partial charge in [0.05, 0.1) is 4.91 Å². The summed E-state index contributed by atoms with van der Waals surface area (Å²) in [7, 11) is 0. The van der Waals surface area contributed by atoms with Crippen molar-refractivity contribution in [3.8, 4) is 5.75 Å². The number of rotatable bonds is 8. The van der Waals surface area contributed by atoms with Gasteiger partial charge in [0.2, 0.25) is 5.91 Å². The fourth-order valence-corrected chi connectivity index (χ4v) is 5.45. The van der Waals surface area contributed by atoms with Crippen molar-refractivity contribution in [3.05, 3.63) is 119 Å². The molecule has 1 aliphatic heterocycles. The van der Waals surface area contributed by atoms with E-state index in [2.05, 4.69) is 10.9 Å². The zero-order chi connectivity index (χ0) is 27.9. The van der Waals surface area contributed by atoms with Crippen molar-refractivity contribution in [1.82, 2.24) is 15.8 Å². The third-order valence-electron chi connectivity index (χ3n) is 6.21. The summed E-state index contributed by atoms with van der Waals surface area (Å²) in [4.78, 5) is 39.9. The van der Waals surface area contributed by atoms with Crippen LogP contribution in [0.15, 0.2) is 102 Å². The highest BCUT2D eigenvalue weighted by Gasteiger charge is 2.32. The van der Waals surface area contributed by atoms with Gasteiger partial charge in [-0.1, -0.05) is 103 Å². The van der Waals surface area contributed by atoms with Crippen LogP contribution in [0, 0.1) is 0 Å². The van der Waals surface area contributed by atoms with E-state index in [1.54, 1.807) is 18.2 Å². The van der Waals surface area contributed by atoms with Gasteiger partial charge in [-0.3, -0.25) is 30.1 Å². The van der Waals surface area contributed by atoms with E-state index in [4.69, 9.17) is 17.0 Å². The number of benzene rings is 4. The average Bonchev–Trinajstić information content (AvgIpc) is 3.25. The Bertz CT molecular complexity index is 1600. The molecule has 0 spiro atoms. The molecule has 0 unspecified atom stereocenters. The Kier molecular flexibility index (Phi) is 8.53. The molecule has 0 radical (unpaired) electrons. The maximum atomic E-state index is 13.0. The number of hydrazine groups is 1. The summed E-state index contributed by atoms with van der Waals surface area (Å²) in [5.41, 5.74) is 7.24. The molecule has 1 heterocycles. The highest BCUT2D eigenvalue weighted by Crippen LogP contribution is 2.33. The zero-order valence-electron chi connectivity index (χ0n) is 21.3. The molecule has 1 aliphatic rings. The molecule has 0 aliphatic carbocycles. The number of carbonyl (C=O) groups is 3. The van der Waals surface area contributed by atoms with E-state index in [0.717, 1.165) is 27.6 Å². The van der Waals surface area contributed by atoms with Gasteiger partial charge in [-0.05, 0) is 46.2 Å². The predicted molar refractivity (Wildman–Crippen MR) is 161 cm³/mol. The molecule has 4 aromatic carbocycles. The van der Waals surface area contributed by atoms with Crippen LogP contribution in [0.2, 0.25) is 0 Å². The van der Waals surface area contributed by atoms with Crippen LogP contribution in [0.25, 0.3) is 16.8 Å². The predicted octanol–water partition coefficient (Wildman–Crippen LogP) is 5.47. The quantitative estimate of drug-likeness (QED) is 0.167. The number of fused-ring (bicyclic) bond motifs is 1. The lowest BCUT2D eigenvalue weighted by Gasteiger charge is -2.14. The van der Waals surface area contributed by atoms with Gasteiger partial charge >= 0.3 is 0 Å². The maximum absolute atomic E-state index is 13.0. The number of thiocarbonyl (C=S) groups is 1. The number of hydrogen-bond donors (Lipinski definition) is 2. The smallest absolute Gasteiger partial charge is 0.270 e. The second-order valence-electron chi connectivity index (χ2n) is 8.96. The molecule has 0 atom stereocenters. The number of amides is 3. The van der Waals surface area contributed by atoms with Crippen molar-refractivity contribution in [2.75, 3.05) is 6.54 Å². The Morgan fingerprint density at radius 3 is 2.40 bits per heavy atom. The van der Waals surface area contributed by atoms with Crippen LogP contribution >= 0.6 is 24.0 Å². The molecule has 1 fully saturated rings. The number of thioether (sulfide) groups is 1. The molecule has 3 amide bonds. The van der Waals surface area contributed by atoms with Crippen LogP contribution in [-0.2, 0) is 16.2 Å². The summed E-state index contributed by atoms with van der Waals surface area (Å²) < 4.78 is 6.20. The van der Waals surface area contributed by atoms with Crippen molar-refractivity contribution < 1.29 is 19.1 Å². The third kappa shape index (κ3) is 6.56. The summed E-state index contributed by atoms with van der Waals surface area (Å²) in [6.07, 6.45) is 1.74. The zero-order valence-corrected chi connectivity index (χ0v) is 23.0. The van der Waals surface area contributed by atoms with Gasteiger partial charge in [0.15, 0.2) is 0 Å². The molecular weight excluding hydrogens is 542 g/mol. The Labute approximate surface area is 241 Å². The van der Waals surface area contributed by atoms with Crippen molar-refractivity contribution >= 4 is 62.9 Å². The molecule has 200 valence electrons. The number of ether oxygens (including phenoxy) is 1. The maximum Gasteiger partial charge on any atom is 0.270 e. The average molecular weight is 568 g/mol. The van der Waals surface area contributed by atoms with Gasteiger partial charge in [0, 0.05) is 18.5 Å². The van der Waals surface area contributed by atoms with Crippen LogP contribution in [0.4, 0.5) is 0 Å². The SMILES string of the molecule is O=C(CCN1C(=O)/C(=C/c2ccc(OCc3ccccc3)cc2)SC1=S)NNC(=O)c1cccc2ccccc12. The number of nitrogens with one attached hydrogen (secondary N) is 2. The minimum Gasteiger partial charge on any atom is -0.489 e. The molecule has 4 aromatic rings. The van der Waals surface area contributed by atoms with Crippen LogP contribution in [0.5, 0.6) is 5.75 Å². The Morgan fingerprint density at radius 2 is 1.60 bits per heavy atom. The van der Waals surface area contributed by atoms with Gasteiger partial charge in [-0.15, -0.1) is 0 Å². The molecule has 7 nitrogen and oxygen atoms in total. The highest BCUT2D eigenvalue weighted by molar-refractivity contribution is 8.26. The van der Waals surface area contributed by atoms with E-state index in [9.17, 15) is 14.4 Å². The summed E-state index contributed by atoms with van der Waals surface area (Å²) in [6.45, 7) is 0.573. The van der Waals surface area contributed by atoms with Crippen LogP contribution in [0.3, 0.4) is 0 Å². The summed E-state index contributed by atoms with van der Waals surface area (Å²) >= 11 is 6.58. The molecular formula is C31H25N3O4S2. The highest BCUT2D eigenvalue weighted by atomic mass is 32.2. The van der Waals surface area contributed by atoms with Gasteiger partial charge < -0.3 is 4.74 Å². The van der Waals surface area contributed by atoms with Crippen molar-refractivity contribution in [1.29, 1.82) is 0 Å². The van der Waals surface area contributed by atoms with Gasteiger partial charge in [-0.2, -0.15) is 0 Å². The fraction of sp³-hybridized carbons (Fsp3) is 0.0968. The van der Waals surface area contributed by atoms with Crippen LogP contribution < -0.4 is 15.6 Å². The lowest BCUT2D eigenvalue weighted by Crippen LogP contribution is -2.43. The number of carbonyl (C=O) groups excluding carboxylic acids is 3. The van der Waals surface area contributed by atoms with E-state index in [1.165, 1.54) is 16.7 Å². The van der Waals surface area contributed by atoms with Gasteiger partial charge in [0.25, 0.3) is 11.8 Å². The molecule has 5 rings (SSSR count). The normalized spacial score (nSPS) is 14.0. The lowest BCUT2D eigenvalue weighted by molar-refractivity contribution is -0.124. The summed E-state index contributed by atoms with van der Waals surface area (Å²) in [6, 6.07) is 30.3. The van der Waals surface area contributed by atoms with E-state index in [-0.39, 0.29) is 18.9 Å². The first-order valence-electron chi connectivity index (χ1n) is 12.6. The Hall–Kier alpha value is -4.47. The van der Waals surface area contributed by atoms with E-state index < -0.39 is 11.8 Å². The molecule has 9 heteroatoms. The van der Waals surface area contributed by atoms with Crippen LogP contribution in [0.1, 0.15) is 27.9 Å².